The normalized spacial score (nSPS) is 13.1. The van der Waals surface area contributed by atoms with Crippen LogP contribution < -0.4 is 21.7 Å². The fourth-order valence-electron chi connectivity index (χ4n) is 2.36. The molecule has 3 rings (SSSR count). The van der Waals surface area contributed by atoms with Crippen molar-refractivity contribution in [1.82, 2.24) is 4.98 Å². The van der Waals surface area contributed by atoms with E-state index in [0.717, 1.165) is 23.6 Å². The van der Waals surface area contributed by atoms with Gasteiger partial charge in [-0.1, -0.05) is 18.2 Å². The zero-order valence-corrected chi connectivity index (χ0v) is 11.9. The number of hydrogen-bond acceptors (Lipinski definition) is 6. The fourth-order valence-corrected chi connectivity index (χ4v) is 2.36. The van der Waals surface area contributed by atoms with Crippen molar-refractivity contribution < 1.29 is 0 Å². The summed E-state index contributed by atoms with van der Waals surface area (Å²) in [5.74, 6) is 0.760. The fraction of sp³-hybridized carbons (Fsp3) is 0.200. The van der Waals surface area contributed by atoms with Crippen molar-refractivity contribution in [2.24, 2.45) is 4.99 Å². The molecule has 108 valence electrons. The van der Waals surface area contributed by atoms with Gasteiger partial charge in [-0.15, -0.1) is 0 Å². The molecule has 2 aromatic rings. The number of nitrogens with two attached hydrogens (primary N) is 2. The Morgan fingerprint density at radius 3 is 2.76 bits per heavy atom. The van der Waals surface area contributed by atoms with Gasteiger partial charge in [0.15, 0.2) is 5.82 Å². The lowest BCUT2D eigenvalue weighted by molar-refractivity contribution is 1.04. The molecule has 1 aliphatic heterocycles. The average molecular weight is 282 g/mol. The molecule has 6 nitrogen and oxygen atoms in total. The number of fused-ring (bicyclic) bond motifs is 1. The number of hydrogen-bond donors (Lipinski definition) is 3. The molecule has 1 aliphatic rings. The molecule has 0 atom stereocenters. The molecule has 0 saturated heterocycles. The highest BCUT2D eigenvalue weighted by molar-refractivity contribution is 6.00. The Morgan fingerprint density at radius 1 is 1.24 bits per heavy atom. The average Bonchev–Trinajstić information content (AvgIpc) is 2.48. The number of anilines is 4. The quantitative estimate of drug-likeness (QED) is 0.799. The van der Waals surface area contributed by atoms with Crippen LogP contribution >= 0.6 is 0 Å². The first-order valence-corrected chi connectivity index (χ1v) is 6.76. The topological polar surface area (TPSA) is 92.6 Å². The molecule has 0 fully saturated rings. The third-order valence-corrected chi connectivity index (χ3v) is 3.41. The van der Waals surface area contributed by atoms with E-state index in [1.54, 1.807) is 6.07 Å². The highest BCUT2D eigenvalue weighted by Gasteiger charge is 2.16. The molecule has 0 unspecified atom stereocenters. The van der Waals surface area contributed by atoms with Crippen LogP contribution in [0.25, 0.3) is 0 Å². The third-order valence-electron chi connectivity index (χ3n) is 3.41. The van der Waals surface area contributed by atoms with Crippen LogP contribution in [0.2, 0.25) is 0 Å². The molecule has 6 heteroatoms. The second-order valence-corrected chi connectivity index (χ2v) is 5.05. The van der Waals surface area contributed by atoms with Crippen LogP contribution in [0.5, 0.6) is 0 Å². The Hall–Kier alpha value is -2.76. The minimum Gasteiger partial charge on any atom is -0.384 e. The first-order valence-electron chi connectivity index (χ1n) is 6.76. The summed E-state index contributed by atoms with van der Waals surface area (Å²) in [5.41, 5.74) is 15.2. The van der Waals surface area contributed by atoms with Gasteiger partial charge in [0.2, 0.25) is 0 Å². The van der Waals surface area contributed by atoms with E-state index in [2.05, 4.69) is 32.3 Å². The predicted molar refractivity (Wildman–Crippen MR) is 88.4 cm³/mol. The first kappa shape index (κ1) is 13.2. The van der Waals surface area contributed by atoms with Crippen molar-refractivity contribution in [1.29, 1.82) is 0 Å². The molecule has 1 aromatic carbocycles. The van der Waals surface area contributed by atoms with E-state index in [0.29, 0.717) is 23.9 Å². The molecule has 0 amide bonds. The second kappa shape index (κ2) is 5.32. The number of aromatic nitrogens is 1. The number of benzene rings is 1. The Morgan fingerprint density at radius 2 is 2.00 bits per heavy atom. The summed E-state index contributed by atoms with van der Waals surface area (Å²) in [5, 5.41) is 3.29. The van der Waals surface area contributed by atoms with E-state index in [1.165, 1.54) is 0 Å². The van der Waals surface area contributed by atoms with Crippen LogP contribution in [0.4, 0.5) is 28.7 Å². The van der Waals surface area contributed by atoms with Gasteiger partial charge in [0.25, 0.3) is 0 Å². The first-order chi connectivity index (χ1) is 10.1. The number of nitrogens with zero attached hydrogens (tertiary/aromatic N) is 3. The molecule has 5 N–H and O–H groups in total. The van der Waals surface area contributed by atoms with Gasteiger partial charge in [-0.2, -0.15) is 0 Å². The maximum absolute atomic E-state index is 5.89. The van der Waals surface area contributed by atoms with Gasteiger partial charge in [0, 0.05) is 18.8 Å². The number of aliphatic imine (C=N–C) groups is 1. The largest absolute Gasteiger partial charge is 0.384 e. The van der Waals surface area contributed by atoms with E-state index < -0.39 is 0 Å². The lowest BCUT2D eigenvalue weighted by Crippen LogP contribution is -2.31. The minimum absolute atomic E-state index is 0.358. The van der Waals surface area contributed by atoms with E-state index in [1.807, 2.05) is 25.2 Å². The number of nitrogen functional groups attached to an aromatic ring is 2. The van der Waals surface area contributed by atoms with Gasteiger partial charge < -0.3 is 21.7 Å². The van der Waals surface area contributed by atoms with Gasteiger partial charge in [0.05, 0.1) is 24.5 Å². The molecular weight excluding hydrogens is 264 g/mol. The van der Waals surface area contributed by atoms with Crippen molar-refractivity contribution in [2.75, 3.05) is 41.8 Å². The van der Waals surface area contributed by atoms with Crippen molar-refractivity contribution in [3.8, 4) is 0 Å². The van der Waals surface area contributed by atoms with Gasteiger partial charge in [0.1, 0.15) is 11.5 Å². The van der Waals surface area contributed by atoms with Gasteiger partial charge in [-0.25, -0.2) is 9.98 Å². The maximum atomic E-state index is 5.89. The van der Waals surface area contributed by atoms with Gasteiger partial charge in [-0.05, 0) is 12.1 Å². The molecule has 0 radical (unpaired) electrons. The third kappa shape index (κ3) is 2.74. The zero-order chi connectivity index (χ0) is 14.8. The maximum Gasteiger partial charge on any atom is 0.153 e. The van der Waals surface area contributed by atoms with Gasteiger partial charge >= 0.3 is 0 Å². The van der Waals surface area contributed by atoms with Gasteiger partial charge in [-0.3, -0.25) is 0 Å². The van der Waals surface area contributed by atoms with E-state index in [-0.39, 0.29) is 0 Å². The molecular formula is C15H18N6. The summed E-state index contributed by atoms with van der Waals surface area (Å²) < 4.78 is 0. The number of nitrogens with one attached hydrogen (secondary N) is 1. The summed E-state index contributed by atoms with van der Waals surface area (Å²) in [6.45, 7) is 1.40. The Balaban J connectivity index is 1.83. The molecule has 21 heavy (non-hydrogen) atoms. The van der Waals surface area contributed by atoms with Crippen LogP contribution in [-0.4, -0.2) is 30.8 Å². The Bertz CT molecular complexity index is 680. The molecule has 1 aromatic heterocycles. The van der Waals surface area contributed by atoms with Crippen LogP contribution in [0.1, 0.15) is 0 Å². The molecule has 0 bridgehead atoms. The van der Waals surface area contributed by atoms with Crippen LogP contribution in [0, 0.1) is 0 Å². The predicted octanol–water partition coefficient (Wildman–Crippen LogP) is 1.88. The molecule has 0 saturated carbocycles. The second-order valence-electron chi connectivity index (χ2n) is 5.05. The summed E-state index contributed by atoms with van der Waals surface area (Å²) in [4.78, 5) is 10.8. The smallest absolute Gasteiger partial charge is 0.153 e. The number of rotatable bonds is 3. The lowest BCUT2D eigenvalue weighted by atomic mass is 10.2. The van der Waals surface area contributed by atoms with E-state index in [4.69, 9.17) is 11.5 Å². The highest BCUT2D eigenvalue weighted by atomic mass is 15.1. The van der Waals surface area contributed by atoms with E-state index >= 15 is 0 Å². The summed E-state index contributed by atoms with van der Waals surface area (Å²) in [7, 11) is 2.04. The van der Waals surface area contributed by atoms with Crippen molar-refractivity contribution in [3.05, 3.63) is 36.4 Å². The lowest BCUT2D eigenvalue weighted by Gasteiger charge is -2.24. The van der Waals surface area contributed by atoms with Crippen LogP contribution in [0.3, 0.4) is 0 Å². The minimum atomic E-state index is 0.358. The van der Waals surface area contributed by atoms with Crippen molar-refractivity contribution in [2.45, 2.75) is 0 Å². The number of para-hydroxylation sites is 1. The zero-order valence-electron chi connectivity index (χ0n) is 11.9. The summed E-state index contributed by atoms with van der Waals surface area (Å²) in [6, 6.07) is 11.9. The molecule has 0 aliphatic carbocycles. The summed E-state index contributed by atoms with van der Waals surface area (Å²) in [6.07, 6.45) is 0. The summed E-state index contributed by atoms with van der Waals surface area (Å²) >= 11 is 0. The number of pyridine rings is 1. The van der Waals surface area contributed by atoms with Crippen LogP contribution in [-0.2, 0) is 0 Å². The monoisotopic (exact) mass is 282 g/mol. The Kier molecular flexibility index (Phi) is 3.35. The Labute approximate surface area is 123 Å². The highest BCUT2D eigenvalue weighted by Crippen LogP contribution is 2.34. The van der Waals surface area contributed by atoms with E-state index in [9.17, 15) is 0 Å². The standard InChI is InChI=1S/C15H18N6/c1-21(11-5-3-2-4-6-11)9-10-8-18-12-7-13(16)20-15(17)14(12)19-10/h2-7,18H,8-9H2,1H3,(H4,16,17,20). The van der Waals surface area contributed by atoms with Crippen molar-refractivity contribution >= 4 is 34.4 Å². The SMILES string of the molecule is CN(CC1=Nc2c(cc(N)nc2N)NC1)c1ccccc1. The van der Waals surface area contributed by atoms with Crippen LogP contribution in [0.15, 0.2) is 41.4 Å². The van der Waals surface area contributed by atoms with Crippen molar-refractivity contribution in [3.63, 3.8) is 0 Å². The molecule has 2 heterocycles. The molecule has 0 spiro atoms.